The van der Waals surface area contributed by atoms with Gasteiger partial charge < -0.3 is 9.80 Å². The van der Waals surface area contributed by atoms with Crippen molar-refractivity contribution < 1.29 is 17.6 Å². The quantitative estimate of drug-likeness (QED) is 0.491. The SMILES string of the molecule is C=C1c2cc(C(F)(F)F)cc(F)c2N=C(N2CCN(C)CC2)N1/N=C\C.CCC. The Labute approximate surface area is 169 Å². The summed E-state index contributed by atoms with van der Waals surface area (Å²) in [5, 5.41) is 5.55. The zero-order valence-electron chi connectivity index (χ0n) is 17.2. The van der Waals surface area contributed by atoms with E-state index < -0.39 is 17.6 Å². The minimum atomic E-state index is -4.66. The molecule has 0 bridgehead atoms. The fraction of sp³-hybridized carbons (Fsp3) is 0.500. The Morgan fingerprint density at radius 2 is 1.76 bits per heavy atom. The van der Waals surface area contributed by atoms with Gasteiger partial charge in [-0.15, -0.1) is 0 Å². The van der Waals surface area contributed by atoms with Crippen LogP contribution in [0.2, 0.25) is 0 Å². The lowest BCUT2D eigenvalue weighted by Crippen LogP contribution is -2.51. The van der Waals surface area contributed by atoms with Gasteiger partial charge in [0.1, 0.15) is 11.5 Å². The minimum absolute atomic E-state index is 0.0131. The zero-order valence-corrected chi connectivity index (χ0v) is 17.2. The lowest BCUT2D eigenvalue weighted by atomic mass is 10.0. The van der Waals surface area contributed by atoms with Crippen LogP contribution in [0.15, 0.2) is 28.8 Å². The van der Waals surface area contributed by atoms with E-state index in [9.17, 15) is 17.6 Å². The number of likely N-dealkylation sites (N-methyl/N-ethyl adjacent to an activating group) is 1. The third-order valence-electron chi connectivity index (χ3n) is 4.38. The van der Waals surface area contributed by atoms with E-state index in [2.05, 4.69) is 35.4 Å². The molecule has 0 aromatic heterocycles. The Kier molecular flexibility index (Phi) is 7.40. The Balaban J connectivity index is 0.000000941. The van der Waals surface area contributed by atoms with Crippen molar-refractivity contribution in [2.75, 3.05) is 33.2 Å². The fourth-order valence-electron chi connectivity index (χ4n) is 2.93. The lowest BCUT2D eigenvalue weighted by molar-refractivity contribution is -0.137. The maximum Gasteiger partial charge on any atom is 0.416 e. The highest BCUT2D eigenvalue weighted by molar-refractivity contribution is 5.97. The number of hydrazone groups is 1. The predicted molar refractivity (Wildman–Crippen MR) is 109 cm³/mol. The molecule has 0 N–H and O–H groups in total. The Morgan fingerprint density at radius 3 is 2.28 bits per heavy atom. The molecular formula is C20H27F4N5. The average Bonchev–Trinajstić information content (AvgIpc) is 2.65. The van der Waals surface area contributed by atoms with Crippen LogP contribution in [0.4, 0.5) is 23.2 Å². The van der Waals surface area contributed by atoms with Gasteiger partial charge in [0, 0.05) is 38.0 Å². The highest BCUT2D eigenvalue weighted by Crippen LogP contribution is 2.40. The molecule has 160 valence electrons. The predicted octanol–water partition coefficient (Wildman–Crippen LogP) is 4.79. The molecule has 1 fully saturated rings. The molecule has 5 nitrogen and oxygen atoms in total. The summed E-state index contributed by atoms with van der Waals surface area (Å²) in [5.41, 5.74) is -1.07. The van der Waals surface area contributed by atoms with Gasteiger partial charge in [-0.05, 0) is 26.1 Å². The summed E-state index contributed by atoms with van der Waals surface area (Å²) in [6, 6.07) is 1.33. The molecular weight excluding hydrogens is 386 g/mol. The number of piperazine rings is 1. The molecule has 2 aliphatic rings. The van der Waals surface area contributed by atoms with E-state index in [0.717, 1.165) is 19.2 Å². The van der Waals surface area contributed by atoms with E-state index in [4.69, 9.17) is 0 Å². The first-order valence-corrected chi connectivity index (χ1v) is 9.54. The number of rotatable bonds is 1. The molecule has 3 rings (SSSR count). The molecule has 0 amide bonds. The normalized spacial score (nSPS) is 17.8. The summed E-state index contributed by atoms with van der Waals surface area (Å²) in [6.07, 6.45) is -1.91. The number of hydrogen-bond acceptors (Lipinski definition) is 5. The number of aliphatic imine (C=N–C) groups is 1. The maximum atomic E-state index is 14.4. The molecule has 0 radical (unpaired) electrons. The van der Waals surface area contributed by atoms with Crippen LogP contribution in [-0.2, 0) is 6.18 Å². The highest BCUT2D eigenvalue weighted by atomic mass is 19.4. The van der Waals surface area contributed by atoms with Gasteiger partial charge in [0.05, 0.1) is 11.3 Å². The Hall–Kier alpha value is -2.42. The number of nitrogens with zero attached hydrogens (tertiary/aromatic N) is 5. The lowest BCUT2D eigenvalue weighted by Gasteiger charge is -2.39. The van der Waals surface area contributed by atoms with Crippen molar-refractivity contribution in [3.8, 4) is 0 Å². The van der Waals surface area contributed by atoms with Crippen LogP contribution in [0.1, 0.15) is 38.3 Å². The van der Waals surface area contributed by atoms with Crippen molar-refractivity contribution in [2.24, 2.45) is 10.1 Å². The van der Waals surface area contributed by atoms with Crippen LogP contribution < -0.4 is 0 Å². The number of guanidine groups is 1. The first-order valence-electron chi connectivity index (χ1n) is 9.54. The van der Waals surface area contributed by atoms with Gasteiger partial charge >= 0.3 is 6.18 Å². The number of alkyl halides is 3. The summed E-state index contributed by atoms with van der Waals surface area (Å²) in [5.74, 6) is -0.657. The number of benzene rings is 1. The van der Waals surface area contributed by atoms with Crippen LogP contribution in [0, 0.1) is 5.82 Å². The molecule has 1 aromatic rings. The first kappa shape index (κ1) is 22.9. The van der Waals surface area contributed by atoms with E-state index >= 15 is 0 Å². The van der Waals surface area contributed by atoms with Crippen molar-refractivity contribution in [2.45, 2.75) is 33.4 Å². The van der Waals surface area contributed by atoms with Crippen LogP contribution in [0.3, 0.4) is 0 Å². The van der Waals surface area contributed by atoms with Gasteiger partial charge in [0.15, 0.2) is 0 Å². The van der Waals surface area contributed by atoms with E-state index in [1.807, 2.05) is 11.9 Å². The van der Waals surface area contributed by atoms with Crippen LogP contribution in [-0.4, -0.2) is 60.2 Å². The van der Waals surface area contributed by atoms with Gasteiger partial charge in [0.2, 0.25) is 5.96 Å². The second kappa shape index (κ2) is 9.39. The summed E-state index contributed by atoms with van der Waals surface area (Å²) < 4.78 is 53.5. The summed E-state index contributed by atoms with van der Waals surface area (Å²) in [4.78, 5) is 8.37. The third kappa shape index (κ3) is 5.14. The molecule has 2 aliphatic heterocycles. The molecule has 0 aliphatic carbocycles. The average molecular weight is 413 g/mol. The third-order valence-corrected chi connectivity index (χ3v) is 4.38. The molecule has 0 saturated carbocycles. The van der Waals surface area contributed by atoms with Gasteiger partial charge in [-0.25, -0.2) is 14.4 Å². The van der Waals surface area contributed by atoms with E-state index in [-0.39, 0.29) is 16.9 Å². The number of fused-ring (bicyclic) bond motifs is 1. The Bertz CT molecular complexity index is 793. The standard InChI is InChI=1S/C17H19F4N5.C3H8/c1-4-22-26-11(2)13-9-12(17(19,20)21)10-14(18)15(13)23-16(26)25-7-5-24(3)6-8-25;1-3-2/h4,9-10H,2,5-8H2,1,3H3;3H2,1-2H3/b22-4-;. The van der Waals surface area contributed by atoms with Crippen LogP contribution in [0.5, 0.6) is 0 Å². The summed E-state index contributed by atoms with van der Waals surface area (Å²) in [6.45, 7) is 12.6. The molecule has 1 saturated heterocycles. The molecule has 2 heterocycles. The topological polar surface area (TPSA) is 34.4 Å². The molecule has 1 aromatic carbocycles. The molecule has 29 heavy (non-hydrogen) atoms. The van der Waals surface area contributed by atoms with E-state index in [1.54, 1.807) is 6.92 Å². The molecule has 0 unspecified atom stereocenters. The van der Waals surface area contributed by atoms with Gasteiger partial charge in [0.25, 0.3) is 0 Å². The summed E-state index contributed by atoms with van der Waals surface area (Å²) >= 11 is 0. The van der Waals surface area contributed by atoms with Crippen molar-refractivity contribution in [3.63, 3.8) is 0 Å². The van der Waals surface area contributed by atoms with E-state index in [1.165, 1.54) is 17.6 Å². The number of hydrogen-bond donors (Lipinski definition) is 0. The van der Waals surface area contributed by atoms with Crippen LogP contribution in [0.25, 0.3) is 5.70 Å². The van der Waals surface area contributed by atoms with Crippen molar-refractivity contribution >= 4 is 23.6 Å². The van der Waals surface area contributed by atoms with E-state index in [0.29, 0.717) is 25.1 Å². The second-order valence-corrected chi connectivity index (χ2v) is 6.89. The van der Waals surface area contributed by atoms with Crippen LogP contribution >= 0.6 is 0 Å². The highest BCUT2D eigenvalue weighted by Gasteiger charge is 2.36. The second-order valence-electron chi connectivity index (χ2n) is 6.89. The van der Waals surface area contributed by atoms with Gasteiger partial charge in [-0.2, -0.15) is 18.3 Å². The minimum Gasteiger partial charge on any atom is -0.338 e. The van der Waals surface area contributed by atoms with Gasteiger partial charge in [-0.1, -0.05) is 26.8 Å². The zero-order chi connectivity index (χ0) is 21.8. The van der Waals surface area contributed by atoms with Crippen molar-refractivity contribution in [1.29, 1.82) is 0 Å². The monoisotopic (exact) mass is 413 g/mol. The number of halogens is 4. The maximum absolute atomic E-state index is 14.4. The van der Waals surface area contributed by atoms with Crippen molar-refractivity contribution in [3.05, 3.63) is 35.7 Å². The fourth-order valence-corrected chi connectivity index (χ4v) is 2.93. The first-order chi connectivity index (χ1) is 13.6. The molecule has 9 heteroatoms. The molecule has 0 atom stereocenters. The van der Waals surface area contributed by atoms with Gasteiger partial charge in [-0.3, -0.25) is 0 Å². The smallest absolute Gasteiger partial charge is 0.338 e. The summed E-state index contributed by atoms with van der Waals surface area (Å²) in [7, 11) is 1.99. The Morgan fingerprint density at radius 1 is 1.17 bits per heavy atom. The largest absolute Gasteiger partial charge is 0.416 e. The molecule has 0 spiro atoms. The van der Waals surface area contributed by atoms with Crippen molar-refractivity contribution in [1.82, 2.24) is 14.8 Å².